The molecule has 2 unspecified atom stereocenters. The van der Waals surface area contributed by atoms with Crippen molar-refractivity contribution in [1.82, 2.24) is 4.90 Å². The van der Waals surface area contributed by atoms with Gasteiger partial charge >= 0.3 is 0 Å². The number of likely N-dealkylation sites (tertiary alicyclic amines) is 1. The largest absolute Gasteiger partial charge is 0.381 e. The zero-order valence-electron chi connectivity index (χ0n) is 14.1. The molecule has 0 aliphatic carbocycles. The number of piperidine rings is 1. The highest BCUT2D eigenvalue weighted by Crippen LogP contribution is 2.49. The van der Waals surface area contributed by atoms with Crippen molar-refractivity contribution in [2.24, 2.45) is 0 Å². The van der Waals surface area contributed by atoms with Gasteiger partial charge < -0.3 is 14.9 Å². The molecule has 4 rings (SSSR count). The first-order valence-corrected chi connectivity index (χ1v) is 8.45. The number of nitrogens with zero attached hydrogens (tertiary/aromatic N) is 2. The van der Waals surface area contributed by atoms with Crippen LogP contribution in [0.4, 0.5) is 5.69 Å². The fourth-order valence-electron chi connectivity index (χ4n) is 4.27. The number of aliphatic hydroxyl groups is 1. The van der Waals surface area contributed by atoms with Gasteiger partial charge in [-0.05, 0) is 38.0 Å². The van der Waals surface area contributed by atoms with Crippen molar-refractivity contribution in [3.8, 4) is 0 Å². The summed E-state index contributed by atoms with van der Waals surface area (Å²) < 4.78 is 0. The summed E-state index contributed by atoms with van der Waals surface area (Å²) in [6, 6.07) is 15.6. The van der Waals surface area contributed by atoms with E-state index in [4.69, 9.17) is 0 Å². The molecule has 2 aliphatic heterocycles. The average molecular weight is 322 g/mol. The lowest BCUT2D eigenvalue weighted by Crippen LogP contribution is -2.60. The van der Waals surface area contributed by atoms with Crippen molar-refractivity contribution in [3.63, 3.8) is 0 Å². The second-order valence-corrected chi connectivity index (χ2v) is 6.90. The molecule has 2 aliphatic rings. The maximum absolute atomic E-state index is 13.1. The lowest BCUT2D eigenvalue weighted by atomic mass is 9.84. The van der Waals surface area contributed by atoms with Crippen LogP contribution in [-0.2, 0) is 5.60 Å². The first-order valence-electron chi connectivity index (χ1n) is 8.45. The van der Waals surface area contributed by atoms with Crippen LogP contribution in [0.5, 0.6) is 0 Å². The summed E-state index contributed by atoms with van der Waals surface area (Å²) in [4.78, 5) is 17.0. The zero-order chi connectivity index (χ0) is 16.9. The van der Waals surface area contributed by atoms with E-state index in [1.807, 2.05) is 72.3 Å². The van der Waals surface area contributed by atoms with Crippen LogP contribution in [0.2, 0.25) is 0 Å². The van der Waals surface area contributed by atoms with Crippen molar-refractivity contribution >= 4 is 11.6 Å². The van der Waals surface area contributed by atoms with Gasteiger partial charge in [0.05, 0.1) is 0 Å². The molecule has 1 saturated heterocycles. The van der Waals surface area contributed by atoms with Crippen LogP contribution in [0, 0.1) is 6.92 Å². The summed E-state index contributed by atoms with van der Waals surface area (Å²) in [5.74, 6) is -0.0125. The van der Waals surface area contributed by atoms with Crippen molar-refractivity contribution in [3.05, 3.63) is 65.2 Å². The Bertz CT molecular complexity index is 804. The molecule has 1 fully saturated rings. The van der Waals surface area contributed by atoms with Crippen LogP contribution in [-0.4, -0.2) is 35.7 Å². The van der Waals surface area contributed by atoms with Crippen LogP contribution in [0.3, 0.4) is 0 Å². The van der Waals surface area contributed by atoms with E-state index in [1.165, 1.54) is 0 Å². The molecule has 0 spiro atoms. The van der Waals surface area contributed by atoms with Crippen LogP contribution in [0.15, 0.2) is 48.5 Å². The van der Waals surface area contributed by atoms with Crippen LogP contribution < -0.4 is 4.90 Å². The van der Waals surface area contributed by atoms with Crippen molar-refractivity contribution in [2.75, 3.05) is 18.5 Å². The molecule has 24 heavy (non-hydrogen) atoms. The number of aryl methyl sites for hydroxylation is 1. The third kappa shape index (κ3) is 2.06. The topological polar surface area (TPSA) is 43.8 Å². The van der Waals surface area contributed by atoms with Crippen LogP contribution >= 0.6 is 0 Å². The van der Waals surface area contributed by atoms with E-state index in [0.717, 1.165) is 23.2 Å². The number of rotatable bonds is 1. The Morgan fingerprint density at radius 1 is 1.21 bits per heavy atom. The Kier molecular flexibility index (Phi) is 3.39. The van der Waals surface area contributed by atoms with Gasteiger partial charge in [0.2, 0.25) is 0 Å². The van der Waals surface area contributed by atoms with Gasteiger partial charge in [0, 0.05) is 30.4 Å². The van der Waals surface area contributed by atoms with E-state index in [9.17, 15) is 9.90 Å². The lowest BCUT2D eigenvalue weighted by Gasteiger charge is -2.45. The molecule has 124 valence electrons. The minimum Gasteiger partial charge on any atom is -0.381 e. The van der Waals surface area contributed by atoms with Gasteiger partial charge in [0.25, 0.3) is 5.91 Å². The quantitative estimate of drug-likeness (QED) is 0.878. The number of hydrogen-bond acceptors (Lipinski definition) is 3. The Morgan fingerprint density at radius 3 is 2.79 bits per heavy atom. The number of benzene rings is 2. The summed E-state index contributed by atoms with van der Waals surface area (Å²) in [5.41, 5.74) is 2.69. The number of hydrogen-bond donors (Lipinski definition) is 1. The number of anilines is 1. The number of carbonyl (C=O) groups excluding carboxylic acids is 1. The summed E-state index contributed by atoms with van der Waals surface area (Å²) in [6.07, 6.45) is 1.13. The highest BCUT2D eigenvalue weighted by molar-refractivity contribution is 5.95. The van der Waals surface area contributed by atoms with Gasteiger partial charge in [-0.2, -0.15) is 0 Å². The maximum atomic E-state index is 13.1. The Hall–Kier alpha value is -2.33. The molecular weight excluding hydrogens is 300 g/mol. The monoisotopic (exact) mass is 322 g/mol. The third-order valence-corrected chi connectivity index (χ3v) is 5.32. The molecule has 2 aromatic rings. The van der Waals surface area contributed by atoms with E-state index in [0.29, 0.717) is 18.5 Å². The molecule has 2 aromatic carbocycles. The van der Waals surface area contributed by atoms with E-state index < -0.39 is 5.60 Å². The SMILES string of the molecule is Cc1cccc(C(=O)N2CCCC3(O)c4ccccc4N(C)C23)c1. The minimum atomic E-state index is -0.997. The molecule has 4 heteroatoms. The molecule has 0 aromatic heterocycles. The van der Waals surface area contributed by atoms with E-state index >= 15 is 0 Å². The standard InChI is InChI=1S/C20H22N2O2/c1-14-7-5-8-15(13-14)18(23)22-12-6-11-20(24)16-9-3-4-10-17(16)21(2)19(20)22/h3-5,7-10,13,19,24H,6,11-12H2,1-2H3. The molecule has 4 nitrogen and oxygen atoms in total. The van der Waals surface area contributed by atoms with Gasteiger partial charge in [-0.25, -0.2) is 0 Å². The van der Waals surface area contributed by atoms with Gasteiger partial charge in [-0.1, -0.05) is 35.9 Å². The molecule has 2 heterocycles. The molecule has 0 bridgehead atoms. The first-order chi connectivity index (χ1) is 11.5. The number of fused-ring (bicyclic) bond motifs is 3. The Labute approximate surface area is 142 Å². The van der Waals surface area contributed by atoms with E-state index in [-0.39, 0.29) is 12.1 Å². The lowest BCUT2D eigenvalue weighted by molar-refractivity contribution is -0.0645. The molecule has 1 amide bonds. The highest BCUT2D eigenvalue weighted by atomic mass is 16.3. The molecule has 0 saturated carbocycles. The van der Waals surface area contributed by atoms with E-state index in [2.05, 4.69) is 0 Å². The molecule has 2 atom stereocenters. The predicted molar refractivity (Wildman–Crippen MR) is 94.0 cm³/mol. The number of likely N-dealkylation sites (N-methyl/N-ethyl adjacent to an activating group) is 1. The summed E-state index contributed by atoms with van der Waals surface area (Å²) in [7, 11) is 1.96. The molecule has 0 radical (unpaired) electrons. The molecular formula is C20H22N2O2. The maximum Gasteiger partial charge on any atom is 0.255 e. The smallest absolute Gasteiger partial charge is 0.255 e. The van der Waals surface area contributed by atoms with Gasteiger partial charge in [-0.3, -0.25) is 4.79 Å². The fraction of sp³-hybridized carbons (Fsp3) is 0.350. The van der Waals surface area contributed by atoms with Gasteiger partial charge in [0.15, 0.2) is 0 Å². The number of amides is 1. The number of para-hydroxylation sites is 1. The normalized spacial score (nSPS) is 25.4. The Morgan fingerprint density at radius 2 is 2.00 bits per heavy atom. The summed E-state index contributed by atoms with van der Waals surface area (Å²) >= 11 is 0. The zero-order valence-corrected chi connectivity index (χ0v) is 14.1. The third-order valence-electron chi connectivity index (χ3n) is 5.32. The van der Waals surface area contributed by atoms with Crippen LogP contribution in [0.25, 0.3) is 0 Å². The minimum absolute atomic E-state index is 0.0125. The molecule has 1 N–H and O–H groups in total. The predicted octanol–water partition coefficient (Wildman–Crippen LogP) is 2.89. The van der Waals surface area contributed by atoms with Crippen LogP contribution in [0.1, 0.15) is 34.3 Å². The van der Waals surface area contributed by atoms with Crippen molar-refractivity contribution in [2.45, 2.75) is 31.5 Å². The second kappa shape index (κ2) is 5.35. The summed E-state index contributed by atoms with van der Waals surface area (Å²) in [6.45, 7) is 2.65. The second-order valence-electron chi connectivity index (χ2n) is 6.90. The van der Waals surface area contributed by atoms with Crippen molar-refractivity contribution < 1.29 is 9.90 Å². The van der Waals surface area contributed by atoms with Gasteiger partial charge in [-0.15, -0.1) is 0 Å². The fourth-order valence-corrected chi connectivity index (χ4v) is 4.27. The average Bonchev–Trinajstić information content (AvgIpc) is 2.83. The van der Waals surface area contributed by atoms with Crippen molar-refractivity contribution in [1.29, 1.82) is 0 Å². The van der Waals surface area contributed by atoms with E-state index in [1.54, 1.807) is 0 Å². The number of carbonyl (C=O) groups is 1. The Balaban J connectivity index is 1.76. The summed E-state index contributed by atoms with van der Waals surface area (Å²) in [5, 5.41) is 11.4. The van der Waals surface area contributed by atoms with Gasteiger partial charge in [0.1, 0.15) is 11.8 Å². The first kappa shape index (κ1) is 15.2. The highest BCUT2D eigenvalue weighted by Gasteiger charge is 2.54.